The summed E-state index contributed by atoms with van der Waals surface area (Å²) in [6, 6.07) is 4.94. The lowest BCUT2D eigenvalue weighted by molar-refractivity contribution is -0.117. The van der Waals surface area contributed by atoms with Crippen molar-refractivity contribution >= 4 is 41.5 Å². The molecule has 1 atom stereocenters. The zero-order chi connectivity index (χ0) is 16.8. The van der Waals surface area contributed by atoms with Gasteiger partial charge in [-0.3, -0.25) is 9.59 Å². The summed E-state index contributed by atoms with van der Waals surface area (Å²) in [5.74, 6) is 0.645. The van der Waals surface area contributed by atoms with Gasteiger partial charge in [-0.25, -0.2) is 0 Å². The van der Waals surface area contributed by atoms with E-state index >= 15 is 0 Å². The molecule has 5 nitrogen and oxygen atoms in total. The van der Waals surface area contributed by atoms with Crippen LogP contribution in [0.3, 0.4) is 0 Å². The summed E-state index contributed by atoms with van der Waals surface area (Å²) in [7, 11) is 1.55. The standard InChI is InChI=1S/C17H24ClN3O2.ClH/c1-11(12-5-7-20-8-6-12)9-16(22)21-13-3-4-15(18)14(10-13)17(23)19-2;/h3-4,10-12,20H,5-9H2,1-2H3,(H,19,23)(H,21,22);1H. The second kappa shape index (κ2) is 9.87. The van der Waals surface area contributed by atoms with Gasteiger partial charge >= 0.3 is 0 Å². The van der Waals surface area contributed by atoms with Crippen molar-refractivity contribution in [3.8, 4) is 0 Å². The summed E-state index contributed by atoms with van der Waals surface area (Å²) >= 11 is 6.01. The fourth-order valence-corrected chi connectivity index (χ4v) is 3.20. The third-order valence-electron chi connectivity index (χ3n) is 4.42. The lowest BCUT2D eigenvalue weighted by atomic mass is 9.84. The van der Waals surface area contributed by atoms with Gasteiger partial charge in [0, 0.05) is 19.2 Å². The van der Waals surface area contributed by atoms with E-state index in [-0.39, 0.29) is 24.2 Å². The first-order chi connectivity index (χ1) is 11.0. The molecule has 0 radical (unpaired) electrons. The molecule has 1 saturated heterocycles. The molecule has 24 heavy (non-hydrogen) atoms. The van der Waals surface area contributed by atoms with E-state index in [1.807, 2.05) is 0 Å². The van der Waals surface area contributed by atoms with E-state index in [0.29, 0.717) is 34.5 Å². The number of carbonyl (C=O) groups is 2. The maximum Gasteiger partial charge on any atom is 0.252 e. The minimum atomic E-state index is -0.269. The van der Waals surface area contributed by atoms with Crippen molar-refractivity contribution in [2.45, 2.75) is 26.2 Å². The molecule has 1 unspecified atom stereocenters. The summed E-state index contributed by atoms with van der Waals surface area (Å²) in [5, 5.41) is 9.11. The van der Waals surface area contributed by atoms with Crippen LogP contribution in [0.15, 0.2) is 18.2 Å². The highest BCUT2D eigenvalue weighted by Gasteiger charge is 2.22. The Balaban J connectivity index is 0.00000288. The van der Waals surface area contributed by atoms with Gasteiger partial charge in [0.2, 0.25) is 5.91 Å². The van der Waals surface area contributed by atoms with Gasteiger partial charge in [-0.1, -0.05) is 18.5 Å². The summed E-state index contributed by atoms with van der Waals surface area (Å²) in [4.78, 5) is 24.0. The maximum atomic E-state index is 12.2. The number of anilines is 1. The second-order valence-corrected chi connectivity index (χ2v) is 6.50. The van der Waals surface area contributed by atoms with E-state index in [1.54, 1.807) is 25.2 Å². The van der Waals surface area contributed by atoms with Gasteiger partial charge in [0.05, 0.1) is 10.6 Å². The molecule has 3 N–H and O–H groups in total. The van der Waals surface area contributed by atoms with Crippen LogP contribution in [0.25, 0.3) is 0 Å². The third-order valence-corrected chi connectivity index (χ3v) is 4.75. The highest BCUT2D eigenvalue weighted by atomic mass is 35.5. The van der Waals surface area contributed by atoms with Crippen molar-refractivity contribution in [2.75, 3.05) is 25.5 Å². The normalized spacial score (nSPS) is 16.0. The van der Waals surface area contributed by atoms with Gasteiger partial charge < -0.3 is 16.0 Å². The predicted molar refractivity (Wildman–Crippen MR) is 100 cm³/mol. The minimum Gasteiger partial charge on any atom is -0.355 e. The van der Waals surface area contributed by atoms with E-state index in [2.05, 4.69) is 22.9 Å². The fourth-order valence-electron chi connectivity index (χ4n) is 3.00. The number of carbonyl (C=O) groups excluding carboxylic acids is 2. The first kappa shape index (κ1) is 20.7. The third kappa shape index (κ3) is 5.65. The maximum absolute atomic E-state index is 12.2. The zero-order valence-electron chi connectivity index (χ0n) is 14.0. The molecule has 1 aliphatic rings. The van der Waals surface area contributed by atoms with Gasteiger partial charge in [0.1, 0.15) is 0 Å². The van der Waals surface area contributed by atoms with Crippen LogP contribution in [0.1, 0.15) is 36.5 Å². The Morgan fingerprint density at radius 2 is 2.00 bits per heavy atom. The van der Waals surface area contributed by atoms with E-state index in [1.165, 1.54) is 0 Å². The Labute approximate surface area is 154 Å². The van der Waals surface area contributed by atoms with Crippen LogP contribution in [0, 0.1) is 11.8 Å². The molecular weight excluding hydrogens is 349 g/mol. The fraction of sp³-hybridized carbons (Fsp3) is 0.529. The number of nitrogens with one attached hydrogen (secondary N) is 3. The lowest BCUT2D eigenvalue weighted by Gasteiger charge is -2.27. The average molecular weight is 374 g/mol. The highest BCUT2D eigenvalue weighted by molar-refractivity contribution is 6.34. The van der Waals surface area contributed by atoms with Crippen LogP contribution in [0.2, 0.25) is 5.02 Å². The monoisotopic (exact) mass is 373 g/mol. The highest BCUT2D eigenvalue weighted by Crippen LogP contribution is 2.25. The summed E-state index contributed by atoms with van der Waals surface area (Å²) in [6.45, 7) is 4.19. The molecule has 0 bridgehead atoms. The Morgan fingerprint density at radius 1 is 1.33 bits per heavy atom. The molecule has 7 heteroatoms. The van der Waals surface area contributed by atoms with Crippen LogP contribution < -0.4 is 16.0 Å². The van der Waals surface area contributed by atoms with Crippen molar-refractivity contribution in [3.05, 3.63) is 28.8 Å². The van der Waals surface area contributed by atoms with E-state index in [0.717, 1.165) is 25.9 Å². The number of amides is 2. The Kier molecular flexibility index (Phi) is 8.53. The molecule has 2 amide bonds. The zero-order valence-corrected chi connectivity index (χ0v) is 15.6. The first-order valence-corrected chi connectivity index (χ1v) is 8.41. The molecule has 134 valence electrons. The summed E-state index contributed by atoms with van der Waals surface area (Å²) in [5.41, 5.74) is 0.953. The average Bonchev–Trinajstić information content (AvgIpc) is 2.56. The number of halogens is 2. The van der Waals surface area contributed by atoms with Crippen molar-refractivity contribution in [3.63, 3.8) is 0 Å². The molecule has 1 aromatic rings. The predicted octanol–water partition coefficient (Wildman–Crippen LogP) is 3.09. The Hall–Kier alpha value is -1.30. The van der Waals surface area contributed by atoms with Crippen molar-refractivity contribution in [1.82, 2.24) is 10.6 Å². The molecule has 0 spiro atoms. The van der Waals surface area contributed by atoms with Gasteiger partial charge in [-0.2, -0.15) is 0 Å². The SMILES string of the molecule is CNC(=O)c1cc(NC(=O)CC(C)C2CCNCC2)ccc1Cl.Cl. The number of benzene rings is 1. The number of hydrogen-bond donors (Lipinski definition) is 3. The van der Waals surface area contributed by atoms with Crippen LogP contribution in [0.5, 0.6) is 0 Å². The summed E-state index contributed by atoms with van der Waals surface area (Å²) < 4.78 is 0. The van der Waals surface area contributed by atoms with E-state index in [4.69, 9.17) is 11.6 Å². The van der Waals surface area contributed by atoms with Crippen LogP contribution in [-0.4, -0.2) is 32.0 Å². The molecule has 0 saturated carbocycles. The number of piperidine rings is 1. The quantitative estimate of drug-likeness (QED) is 0.742. The smallest absolute Gasteiger partial charge is 0.252 e. The second-order valence-electron chi connectivity index (χ2n) is 6.09. The Morgan fingerprint density at radius 3 is 2.62 bits per heavy atom. The topological polar surface area (TPSA) is 70.2 Å². The summed E-state index contributed by atoms with van der Waals surface area (Å²) in [6.07, 6.45) is 2.73. The van der Waals surface area contributed by atoms with Crippen LogP contribution in [0.4, 0.5) is 5.69 Å². The van der Waals surface area contributed by atoms with E-state index in [9.17, 15) is 9.59 Å². The lowest BCUT2D eigenvalue weighted by Crippen LogP contribution is -2.32. The molecule has 1 heterocycles. The largest absolute Gasteiger partial charge is 0.355 e. The molecule has 2 rings (SSSR count). The molecular formula is C17H25Cl2N3O2. The minimum absolute atomic E-state index is 0. The van der Waals surface area contributed by atoms with Crippen molar-refractivity contribution in [1.29, 1.82) is 0 Å². The first-order valence-electron chi connectivity index (χ1n) is 8.03. The van der Waals surface area contributed by atoms with Crippen molar-refractivity contribution in [2.24, 2.45) is 11.8 Å². The molecule has 1 fully saturated rings. The van der Waals surface area contributed by atoms with Crippen molar-refractivity contribution < 1.29 is 9.59 Å². The molecule has 0 aliphatic carbocycles. The number of rotatable bonds is 5. The molecule has 0 aromatic heterocycles. The molecule has 1 aliphatic heterocycles. The van der Waals surface area contributed by atoms with Crippen LogP contribution in [-0.2, 0) is 4.79 Å². The van der Waals surface area contributed by atoms with Gasteiger partial charge in [-0.05, 0) is 56.0 Å². The van der Waals surface area contributed by atoms with Gasteiger partial charge in [-0.15, -0.1) is 12.4 Å². The van der Waals surface area contributed by atoms with Gasteiger partial charge in [0.25, 0.3) is 5.91 Å². The Bertz CT molecular complexity index is 575. The van der Waals surface area contributed by atoms with Crippen LogP contribution >= 0.6 is 24.0 Å². The number of hydrogen-bond acceptors (Lipinski definition) is 3. The molecule has 1 aromatic carbocycles. The van der Waals surface area contributed by atoms with E-state index < -0.39 is 0 Å². The van der Waals surface area contributed by atoms with Gasteiger partial charge in [0.15, 0.2) is 0 Å².